The minimum Gasteiger partial charge on any atom is -0.488 e. The molecule has 1 aliphatic heterocycles. The second kappa shape index (κ2) is 6.51. The van der Waals surface area contributed by atoms with Gasteiger partial charge in [0.15, 0.2) is 11.5 Å². The van der Waals surface area contributed by atoms with Gasteiger partial charge < -0.3 is 14.8 Å². The lowest BCUT2D eigenvalue weighted by Crippen LogP contribution is -2.28. The zero-order chi connectivity index (χ0) is 17.2. The molecular formula is C19H20FNO3. The number of amides is 1. The van der Waals surface area contributed by atoms with Crippen LogP contribution in [0.1, 0.15) is 29.8 Å². The van der Waals surface area contributed by atoms with Crippen LogP contribution in [0.2, 0.25) is 0 Å². The third-order valence-corrected chi connectivity index (χ3v) is 3.79. The van der Waals surface area contributed by atoms with Gasteiger partial charge in [0.1, 0.15) is 18.0 Å². The second-order valence-corrected chi connectivity index (χ2v) is 6.40. The lowest BCUT2D eigenvalue weighted by atomic mass is 10.0. The molecule has 0 aromatic heterocycles. The Hall–Kier alpha value is -2.56. The van der Waals surface area contributed by atoms with Crippen LogP contribution in [-0.4, -0.2) is 24.7 Å². The van der Waals surface area contributed by atoms with Crippen molar-refractivity contribution in [3.05, 3.63) is 59.4 Å². The molecule has 0 fully saturated rings. The first-order valence-electron chi connectivity index (χ1n) is 7.92. The molecule has 24 heavy (non-hydrogen) atoms. The summed E-state index contributed by atoms with van der Waals surface area (Å²) in [6.45, 7) is 4.70. The zero-order valence-corrected chi connectivity index (χ0v) is 13.8. The van der Waals surface area contributed by atoms with E-state index >= 15 is 0 Å². The highest BCUT2D eigenvalue weighted by Gasteiger charge is 2.32. The molecule has 3 rings (SSSR count). The predicted octanol–water partition coefficient (Wildman–Crippen LogP) is 3.35. The summed E-state index contributed by atoms with van der Waals surface area (Å²) in [5.41, 5.74) is 1.19. The molecule has 1 heterocycles. The summed E-state index contributed by atoms with van der Waals surface area (Å²) in [7, 11) is 0. The van der Waals surface area contributed by atoms with E-state index in [1.165, 1.54) is 18.2 Å². The number of carbonyl (C=O) groups excluding carboxylic acids is 1. The van der Waals surface area contributed by atoms with Gasteiger partial charge in [-0.05, 0) is 38.1 Å². The van der Waals surface area contributed by atoms with Crippen molar-refractivity contribution < 1.29 is 18.7 Å². The Labute approximate surface area is 140 Å². The molecule has 0 atom stereocenters. The largest absolute Gasteiger partial charge is 0.488 e. The molecule has 2 aromatic carbocycles. The SMILES string of the molecule is CC1(C)Cc2cccc(OCCNC(=O)c3cccc(F)c3)c2O1. The molecule has 2 aromatic rings. The van der Waals surface area contributed by atoms with Crippen LogP contribution < -0.4 is 14.8 Å². The van der Waals surface area contributed by atoms with Crippen LogP contribution in [0.15, 0.2) is 42.5 Å². The summed E-state index contributed by atoms with van der Waals surface area (Å²) in [4.78, 5) is 11.9. The van der Waals surface area contributed by atoms with Gasteiger partial charge in [0.25, 0.3) is 5.91 Å². The van der Waals surface area contributed by atoms with Gasteiger partial charge >= 0.3 is 0 Å². The van der Waals surface area contributed by atoms with Crippen molar-refractivity contribution in [1.29, 1.82) is 0 Å². The maximum Gasteiger partial charge on any atom is 0.251 e. The summed E-state index contributed by atoms with van der Waals surface area (Å²) in [6, 6.07) is 11.4. The lowest BCUT2D eigenvalue weighted by Gasteiger charge is -2.18. The molecule has 0 saturated heterocycles. The molecular weight excluding hydrogens is 309 g/mol. The number of nitrogens with one attached hydrogen (secondary N) is 1. The number of para-hydroxylation sites is 1. The Morgan fingerprint density at radius 2 is 2.08 bits per heavy atom. The van der Waals surface area contributed by atoms with E-state index in [0.717, 1.165) is 17.7 Å². The number of ether oxygens (including phenoxy) is 2. The minimum atomic E-state index is -0.432. The molecule has 1 aliphatic rings. The number of rotatable bonds is 5. The van der Waals surface area contributed by atoms with Crippen molar-refractivity contribution in [3.63, 3.8) is 0 Å². The molecule has 1 amide bonds. The second-order valence-electron chi connectivity index (χ2n) is 6.40. The third kappa shape index (κ3) is 3.67. The van der Waals surface area contributed by atoms with Gasteiger partial charge in [-0.15, -0.1) is 0 Å². The molecule has 4 nitrogen and oxygen atoms in total. The van der Waals surface area contributed by atoms with Gasteiger partial charge in [0.05, 0.1) is 6.54 Å². The van der Waals surface area contributed by atoms with Gasteiger partial charge in [-0.1, -0.05) is 18.2 Å². The molecule has 5 heteroatoms. The Morgan fingerprint density at radius 3 is 2.88 bits per heavy atom. The smallest absolute Gasteiger partial charge is 0.251 e. The Bertz CT molecular complexity index is 758. The maximum atomic E-state index is 13.1. The highest BCUT2D eigenvalue weighted by molar-refractivity contribution is 5.94. The van der Waals surface area contributed by atoms with Crippen molar-refractivity contribution in [1.82, 2.24) is 5.32 Å². The summed E-state index contributed by atoms with van der Waals surface area (Å²) < 4.78 is 24.8. The fourth-order valence-electron chi connectivity index (χ4n) is 2.76. The monoisotopic (exact) mass is 329 g/mol. The molecule has 0 unspecified atom stereocenters. The minimum absolute atomic E-state index is 0.229. The van der Waals surface area contributed by atoms with Crippen LogP contribution >= 0.6 is 0 Å². The highest BCUT2D eigenvalue weighted by Crippen LogP contribution is 2.41. The van der Waals surface area contributed by atoms with E-state index in [9.17, 15) is 9.18 Å². The number of hydrogen-bond donors (Lipinski definition) is 1. The number of benzene rings is 2. The van der Waals surface area contributed by atoms with E-state index in [0.29, 0.717) is 24.5 Å². The number of fused-ring (bicyclic) bond motifs is 1. The van der Waals surface area contributed by atoms with E-state index in [2.05, 4.69) is 5.32 Å². The summed E-state index contributed by atoms with van der Waals surface area (Å²) in [5.74, 6) is 0.698. The first kappa shape index (κ1) is 16.3. The molecule has 0 spiro atoms. The van der Waals surface area contributed by atoms with Crippen molar-refractivity contribution in [3.8, 4) is 11.5 Å². The summed E-state index contributed by atoms with van der Waals surface area (Å²) >= 11 is 0. The summed E-state index contributed by atoms with van der Waals surface area (Å²) in [6.07, 6.45) is 0.843. The van der Waals surface area contributed by atoms with Crippen molar-refractivity contribution in [2.24, 2.45) is 0 Å². The van der Waals surface area contributed by atoms with Crippen LogP contribution in [0.5, 0.6) is 11.5 Å². The highest BCUT2D eigenvalue weighted by atomic mass is 19.1. The van der Waals surface area contributed by atoms with Crippen LogP contribution in [0.25, 0.3) is 0 Å². The average Bonchev–Trinajstić information content (AvgIpc) is 2.86. The van der Waals surface area contributed by atoms with E-state index in [1.54, 1.807) is 6.07 Å². The molecule has 0 radical (unpaired) electrons. The molecule has 126 valence electrons. The van der Waals surface area contributed by atoms with Gasteiger partial charge in [-0.25, -0.2) is 4.39 Å². The number of hydrogen-bond acceptors (Lipinski definition) is 3. The molecule has 1 N–H and O–H groups in total. The van der Waals surface area contributed by atoms with Gasteiger partial charge in [-0.3, -0.25) is 4.79 Å². The van der Waals surface area contributed by atoms with Crippen molar-refractivity contribution >= 4 is 5.91 Å². The van der Waals surface area contributed by atoms with Crippen LogP contribution in [0.3, 0.4) is 0 Å². The van der Waals surface area contributed by atoms with Gasteiger partial charge in [-0.2, -0.15) is 0 Å². The lowest BCUT2D eigenvalue weighted by molar-refractivity contribution is 0.0945. The molecule has 0 aliphatic carbocycles. The van der Waals surface area contributed by atoms with Crippen molar-refractivity contribution in [2.45, 2.75) is 25.9 Å². The third-order valence-electron chi connectivity index (χ3n) is 3.79. The Balaban J connectivity index is 1.53. The number of halogens is 1. The predicted molar refractivity (Wildman–Crippen MR) is 89.1 cm³/mol. The fourth-order valence-corrected chi connectivity index (χ4v) is 2.76. The number of carbonyl (C=O) groups is 1. The van der Waals surface area contributed by atoms with E-state index in [4.69, 9.17) is 9.47 Å². The molecule has 0 bridgehead atoms. The van der Waals surface area contributed by atoms with Gasteiger partial charge in [0, 0.05) is 17.5 Å². The first-order chi connectivity index (χ1) is 11.4. The zero-order valence-electron chi connectivity index (χ0n) is 13.8. The Kier molecular flexibility index (Phi) is 4.42. The fraction of sp³-hybridized carbons (Fsp3) is 0.316. The van der Waals surface area contributed by atoms with E-state index in [-0.39, 0.29) is 11.5 Å². The first-order valence-corrected chi connectivity index (χ1v) is 7.92. The van der Waals surface area contributed by atoms with Crippen LogP contribution in [-0.2, 0) is 6.42 Å². The van der Waals surface area contributed by atoms with E-state index < -0.39 is 5.82 Å². The standard InChI is InChI=1S/C19H20FNO3/c1-19(2)12-14-6-4-8-16(17(14)24-19)23-10-9-21-18(22)13-5-3-7-15(20)11-13/h3-8,11H,9-10,12H2,1-2H3,(H,21,22). The summed E-state index contributed by atoms with van der Waals surface area (Å²) in [5, 5.41) is 2.71. The molecule has 0 saturated carbocycles. The topological polar surface area (TPSA) is 47.6 Å². The maximum absolute atomic E-state index is 13.1. The van der Waals surface area contributed by atoms with Gasteiger partial charge in [0.2, 0.25) is 0 Å². The normalized spacial score (nSPS) is 14.6. The van der Waals surface area contributed by atoms with Crippen molar-refractivity contribution in [2.75, 3.05) is 13.2 Å². The Morgan fingerprint density at radius 1 is 1.29 bits per heavy atom. The average molecular weight is 329 g/mol. The van der Waals surface area contributed by atoms with E-state index in [1.807, 2.05) is 32.0 Å². The van der Waals surface area contributed by atoms with Crippen LogP contribution in [0.4, 0.5) is 4.39 Å². The van der Waals surface area contributed by atoms with Crippen LogP contribution in [0, 0.1) is 5.82 Å². The quantitative estimate of drug-likeness (QED) is 0.856.